The molecule has 2 nitrogen and oxygen atoms in total. The minimum atomic E-state index is -0.0582. The van der Waals surface area contributed by atoms with Crippen molar-refractivity contribution in [3.63, 3.8) is 0 Å². The topological polar surface area (TPSA) is 29.1 Å². The molecule has 0 spiro atoms. The number of rotatable bonds is 5. The number of anilines is 1. The van der Waals surface area contributed by atoms with Gasteiger partial charge in [0.2, 0.25) is 0 Å². The van der Waals surface area contributed by atoms with Crippen molar-refractivity contribution in [3.8, 4) is 0 Å². The summed E-state index contributed by atoms with van der Waals surface area (Å²) in [7, 11) is 0. The van der Waals surface area contributed by atoms with E-state index in [0.717, 1.165) is 27.5 Å². The first-order valence-corrected chi connectivity index (χ1v) is 9.68. The Morgan fingerprint density at radius 1 is 1.08 bits per heavy atom. The molecule has 0 unspecified atom stereocenters. The van der Waals surface area contributed by atoms with Crippen LogP contribution in [0.4, 0.5) is 5.69 Å². The molecule has 0 atom stereocenters. The molecule has 1 amide bonds. The zero-order valence-electron chi connectivity index (χ0n) is 13.7. The van der Waals surface area contributed by atoms with E-state index < -0.39 is 0 Å². The molecule has 3 aromatic rings. The zero-order chi connectivity index (χ0) is 16.9. The van der Waals surface area contributed by atoms with Crippen LogP contribution < -0.4 is 5.32 Å². The highest BCUT2D eigenvalue weighted by Gasteiger charge is 2.13. The van der Waals surface area contributed by atoms with Gasteiger partial charge in [0.15, 0.2) is 0 Å². The van der Waals surface area contributed by atoms with Crippen LogP contribution in [0.1, 0.15) is 27.0 Å². The Balaban J connectivity index is 1.78. The highest BCUT2D eigenvalue weighted by molar-refractivity contribution is 7.98. The first-order chi connectivity index (χ1) is 11.6. The predicted molar refractivity (Wildman–Crippen MR) is 104 cm³/mol. The van der Waals surface area contributed by atoms with Crippen LogP contribution in [0.15, 0.2) is 64.2 Å². The van der Waals surface area contributed by atoms with E-state index in [9.17, 15) is 4.79 Å². The molecule has 0 saturated heterocycles. The van der Waals surface area contributed by atoms with Crippen molar-refractivity contribution < 1.29 is 4.79 Å². The molecule has 0 fully saturated rings. The number of carbonyl (C=O) groups is 1. The molecule has 1 aromatic heterocycles. The zero-order valence-corrected chi connectivity index (χ0v) is 15.3. The molecule has 1 heterocycles. The van der Waals surface area contributed by atoms with Crippen LogP contribution in [-0.2, 0) is 5.75 Å². The lowest BCUT2D eigenvalue weighted by atomic mass is 10.1. The molecule has 0 saturated carbocycles. The van der Waals surface area contributed by atoms with Gasteiger partial charge >= 0.3 is 0 Å². The monoisotopic (exact) mass is 353 g/mol. The normalized spacial score (nSPS) is 10.6. The van der Waals surface area contributed by atoms with Gasteiger partial charge in [0.25, 0.3) is 5.91 Å². The van der Waals surface area contributed by atoms with Crippen molar-refractivity contribution in [2.45, 2.75) is 24.5 Å². The number of thioether (sulfide) groups is 1. The maximum absolute atomic E-state index is 12.7. The molecule has 0 aliphatic heterocycles. The molecule has 0 bridgehead atoms. The molecule has 0 aliphatic rings. The quantitative estimate of drug-likeness (QED) is 0.578. The van der Waals surface area contributed by atoms with Crippen LogP contribution in [0.5, 0.6) is 0 Å². The summed E-state index contributed by atoms with van der Waals surface area (Å²) in [5.74, 6) is 0.814. The van der Waals surface area contributed by atoms with Gasteiger partial charge in [0.1, 0.15) is 0 Å². The van der Waals surface area contributed by atoms with Crippen LogP contribution in [0.2, 0.25) is 0 Å². The number of thiophene rings is 1. The van der Waals surface area contributed by atoms with E-state index in [1.165, 1.54) is 11.1 Å². The Labute approximate surface area is 150 Å². The van der Waals surface area contributed by atoms with Gasteiger partial charge < -0.3 is 5.32 Å². The van der Waals surface area contributed by atoms with Gasteiger partial charge in [-0.05, 0) is 65.6 Å². The number of aryl methyl sites for hydroxylation is 1. The summed E-state index contributed by atoms with van der Waals surface area (Å²) in [6.07, 6.45) is 0. The molecular weight excluding hydrogens is 334 g/mol. The van der Waals surface area contributed by atoms with E-state index in [1.54, 1.807) is 23.1 Å². The minimum Gasteiger partial charge on any atom is -0.322 e. The minimum absolute atomic E-state index is 0.0582. The Morgan fingerprint density at radius 3 is 2.71 bits per heavy atom. The molecule has 2 aromatic carbocycles. The van der Waals surface area contributed by atoms with Crippen LogP contribution in [0.25, 0.3) is 0 Å². The molecule has 122 valence electrons. The van der Waals surface area contributed by atoms with Crippen molar-refractivity contribution in [2.75, 3.05) is 5.32 Å². The van der Waals surface area contributed by atoms with E-state index in [0.29, 0.717) is 0 Å². The molecule has 3 rings (SSSR count). The fourth-order valence-electron chi connectivity index (χ4n) is 2.39. The number of nitrogens with one attached hydrogen (secondary N) is 1. The van der Waals surface area contributed by atoms with Crippen molar-refractivity contribution in [1.82, 2.24) is 0 Å². The summed E-state index contributed by atoms with van der Waals surface area (Å²) < 4.78 is 0. The van der Waals surface area contributed by atoms with E-state index in [-0.39, 0.29) is 5.91 Å². The lowest BCUT2D eigenvalue weighted by Crippen LogP contribution is -2.14. The molecule has 0 radical (unpaired) electrons. The summed E-state index contributed by atoms with van der Waals surface area (Å²) in [6.45, 7) is 4.08. The van der Waals surface area contributed by atoms with Crippen LogP contribution in [0.3, 0.4) is 0 Å². The van der Waals surface area contributed by atoms with Crippen molar-refractivity contribution in [3.05, 3.63) is 81.5 Å². The molecule has 0 aliphatic carbocycles. The SMILES string of the molecule is Cc1cccc(NC(=O)c2ccccc2SCc2ccsc2)c1C. The van der Waals surface area contributed by atoms with Crippen LogP contribution >= 0.6 is 23.1 Å². The third kappa shape index (κ3) is 3.89. The number of benzene rings is 2. The Hall–Kier alpha value is -2.04. The van der Waals surface area contributed by atoms with E-state index in [2.05, 4.69) is 35.1 Å². The highest BCUT2D eigenvalue weighted by atomic mass is 32.2. The fourth-order valence-corrected chi connectivity index (χ4v) is 4.16. The first kappa shape index (κ1) is 16.8. The average Bonchev–Trinajstić information content (AvgIpc) is 3.11. The average molecular weight is 354 g/mol. The molecule has 1 N–H and O–H groups in total. The van der Waals surface area contributed by atoms with Crippen LogP contribution in [0, 0.1) is 13.8 Å². The summed E-state index contributed by atoms with van der Waals surface area (Å²) in [5, 5.41) is 7.27. The predicted octanol–water partition coefficient (Wildman–Crippen LogP) is 5.91. The molecule has 24 heavy (non-hydrogen) atoms. The Kier molecular flexibility index (Phi) is 5.38. The highest BCUT2D eigenvalue weighted by Crippen LogP contribution is 2.28. The van der Waals surface area contributed by atoms with Gasteiger partial charge in [-0.2, -0.15) is 11.3 Å². The summed E-state index contributed by atoms with van der Waals surface area (Å²) in [4.78, 5) is 13.7. The van der Waals surface area contributed by atoms with Gasteiger partial charge in [0, 0.05) is 16.3 Å². The summed E-state index contributed by atoms with van der Waals surface area (Å²) in [5.41, 5.74) is 5.16. The number of hydrogen-bond acceptors (Lipinski definition) is 3. The van der Waals surface area contributed by atoms with Gasteiger partial charge in [0.05, 0.1) is 5.56 Å². The number of carbonyl (C=O) groups excluding carboxylic acids is 1. The summed E-state index contributed by atoms with van der Waals surface area (Å²) in [6, 6.07) is 15.9. The van der Waals surface area contributed by atoms with Gasteiger partial charge in [-0.3, -0.25) is 4.79 Å². The van der Waals surface area contributed by atoms with Gasteiger partial charge in [-0.15, -0.1) is 11.8 Å². The second-order valence-corrected chi connectivity index (χ2v) is 7.42. The number of hydrogen-bond donors (Lipinski definition) is 1. The smallest absolute Gasteiger partial charge is 0.256 e. The first-order valence-electron chi connectivity index (χ1n) is 7.75. The lowest BCUT2D eigenvalue weighted by molar-refractivity contribution is 0.102. The Morgan fingerprint density at radius 2 is 1.92 bits per heavy atom. The van der Waals surface area contributed by atoms with E-state index in [4.69, 9.17) is 0 Å². The third-order valence-corrected chi connectivity index (χ3v) is 5.84. The number of amides is 1. The van der Waals surface area contributed by atoms with Crippen molar-refractivity contribution in [2.24, 2.45) is 0 Å². The second kappa shape index (κ2) is 7.69. The second-order valence-electron chi connectivity index (χ2n) is 5.62. The van der Waals surface area contributed by atoms with Gasteiger partial charge in [-0.25, -0.2) is 0 Å². The maximum atomic E-state index is 12.7. The van der Waals surface area contributed by atoms with Crippen LogP contribution in [-0.4, -0.2) is 5.91 Å². The van der Waals surface area contributed by atoms with Crippen molar-refractivity contribution >= 4 is 34.7 Å². The van der Waals surface area contributed by atoms with E-state index >= 15 is 0 Å². The largest absolute Gasteiger partial charge is 0.322 e. The van der Waals surface area contributed by atoms with E-state index in [1.807, 2.05) is 43.3 Å². The molecular formula is C20H19NOS2. The third-order valence-electron chi connectivity index (χ3n) is 3.96. The lowest BCUT2D eigenvalue weighted by Gasteiger charge is -2.12. The van der Waals surface area contributed by atoms with Crippen molar-refractivity contribution in [1.29, 1.82) is 0 Å². The Bertz CT molecular complexity index is 841. The van der Waals surface area contributed by atoms with Gasteiger partial charge in [-0.1, -0.05) is 24.3 Å². The fraction of sp³-hybridized carbons (Fsp3) is 0.150. The molecule has 4 heteroatoms. The maximum Gasteiger partial charge on any atom is 0.256 e. The standard InChI is InChI=1S/C20H19NOS2/c1-14-6-5-8-18(15(14)2)21-20(22)17-7-3-4-9-19(17)24-13-16-10-11-23-12-16/h3-12H,13H2,1-2H3,(H,21,22). The summed E-state index contributed by atoms with van der Waals surface area (Å²) >= 11 is 3.39.